The summed E-state index contributed by atoms with van der Waals surface area (Å²) in [6.45, 7) is 2.05. The zero-order valence-electron chi connectivity index (χ0n) is 11.4. The van der Waals surface area contributed by atoms with E-state index in [9.17, 15) is 0 Å². The van der Waals surface area contributed by atoms with Crippen molar-refractivity contribution in [1.82, 2.24) is 0 Å². The SMILES string of the molecule is Cc1ccc(NC2CC(c3cccc(Cl)c3)C2)c(Cl)c1. The molecule has 0 unspecified atom stereocenters. The molecule has 0 bridgehead atoms. The molecule has 1 aliphatic rings. The summed E-state index contributed by atoms with van der Waals surface area (Å²) < 4.78 is 0. The van der Waals surface area contributed by atoms with Crippen molar-refractivity contribution in [1.29, 1.82) is 0 Å². The Morgan fingerprint density at radius 1 is 1.05 bits per heavy atom. The molecule has 0 saturated heterocycles. The molecule has 0 heterocycles. The molecule has 1 saturated carbocycles. The number of rotatable bonds is 3. The number of hydrogen-bond donors (Lipinski definition) is 1. The molecule has 0 aliphatic heterocycles. The third-order valence-corrected chi connectivity index (χ3v) is 4.49. The minimum absolute atomic E-state index is 0.499. The van der Waals surface area contributed by atoms with Crippen LogP contribution in [0.15, 0.2) is 42.5 Å². The quantitative estimate of drug-likeness (QED) is 0.771. The van der Waals surface area contributed by atoms with Crippen molar-refractivity contribution in [3.8, 4) is 0 Å². The molecule has 0 aromatic heterocycles. The molecule has 0 atom stereocenters. The highest BCUT2D eigenvalue weighted by Crippen LogP contribution is 2.40. The number of anilines is 1. The van der Waals surface area contributed by atoms with Gasteiger partial charge in [-0.15, -0.1) is 0 Å². The van der Waals surface area contributed by atoms with E-state index in [4.69, 9.17) is 23.2 Å². The fourth-order valence-electron chi connectivity index (χ4n) is 2.73. The molecule has 1 nitrogen and oxygen atoms in total. The van der Waals surface area contributed by atoms with E-state index in [0.29, 0.717) is 12.0 Å². The van der Waals surface area contributed by atoms with E-state index in [1.165, 1.54) is 11.1 Å². The van der Waals surface area contributed by atoms with Crippen LogP contribution in [0.3, 0.4) is 0 Å². The number of halogens is 2. The van der Waals surface area contributed by atoms with E-state index in [2.05, 4.69) is 29.6 Å². The Labute approximate surface area is 129 Å². The van der Waals surface area contributed by atoms with Crippen LogP contribution in [0.5, 0.6) is 0 Å². The van der Waals surface area contributed by atoms with E-state index < -0.39 is 0 Å². The van der Waals surface area contributed by atoms with Crippen LogP contribution in [0.4, 0.5) is 5.69 Å². The average Bonchev–Trinajstić information content (AvgIpc) is 2.35. The van der Waals surface area contributed by atoms with Crippen molar-refractivity contribution in [3.05, 3.63) is 63.6 Å². The molecule has 0 radical (unpaired) electrons. The molecular weight excluding hydrogens is 289 g/mol. The third kappa shape index (κ3) is 2.94. The second-order valence-electron chi connectivity index (χ2n) is 5.55. The van der Waals surface area contributed by atoms with Crippen molar-refractivity contribution < 1.29 is 0 Å². The van der Waals surface area contributed by atoms with E-state index >= 15 is 0 Å². The maximum absolute atomic E-state index is 6.25. The van der Waals surface area contributed by atoms with Crippen LogP contribution in [0, 0.1) is 6.92 Å². The fraction of sp³-hybridized carbons (Fsp3) is 0.294. The first-order valence-corrected chi connectivity index (χ1v) is 7.65. The van der Waals surface area contributed by atoms with Crippen molar-refractivity contribution >= 4 is 28.9 Å². The lowest BCUT2D eigenvalue weighted by molar-refractivity contribution is 0.374. The average molecular weight is 306 g/mol. The number of hydrogen-bond acceptors (Lipinski definition) is 1. The molecule has 3 rings (SSSR count). The molecular formula is C17H17Cl2N. The zero-order chi connectivity index (χ0) is 14.1. The first-order chi connectivity index (χ1) is 9.61. The Bertz CT molecular complexity index is 618. The first kappa shape index (κ1) is 13.8. The standard InChI is InChI=1S/C17H17Cl2N/c1-11-5-6-17(16(19)7-11)20-15-9-13(10-15)12-3-2-4-14(18)8-12/h2-8,13,15,20H,9-10H2,1H3. The summed E-state index contributed by atoms with van der Waals surface area (Å²) >= 11 is 12.3. The summed E-state index contributed by atoms with van der Waals surface area (Å²) in [5, 5.41) is 5.15. The second-order valence-corrected chi connectivity index (χ2v) is 6.39. The van der Waals surface area contributed by atoms with Crippen LogP contribution in [0.2, 0.25) is 10.0 Å². The summed E-state index contributed by atoms with van der Waals surface area (Å²) in [5.41, 5.74) is 3.56. The van der Waals surface area contributed by atoms with Crippen LogP contribution in [-0.2, 0) is 0 Å². The topological polar surface area (TPSA) is 12.0 Å². The van der Waals surface area contributed by atoms with Crippen molar-refractivity contribution in [2.24, 2.45) is 0 Å². The largest absolute Gasteiger partial charge is 0.381 e. The van der Waals surface area contributed by atoms with Gasteiger partial charge in [0, 0.05) is 11.1 Å². The highest BCUT2D eigenvalue weighted by atomic mass is 35.5. The monoisotopic (exact) mass is 305 g/mol. The van der Waals surface area contributed by atoms with Gasteiger partial charge in [-0.3, -0.25) is 0 Å². The van der Waals surface area contributed by atoms with E-state index in [-0.39, 0.29) is 0 Å². The van der Waals surface area contributed by atoms with Gasteiger partial charge >= 0.3 is 0 Å². The number of benzene rings is 2. The van der Waals surface area contributed by atoms with Crippen LogP contribution in [-0.4, -0.2) is 6.04 Å². The zero-order valence-corrected chi connectivity index (χ0v) is 12.9. The van der Waals surface area contributed by atoms with Crippen LogP contribution in [0.25, 0.3) is 0 Å². The van der Waals surface area contributed by atoms with Gasteiger partial charge in [0.05, 0.1) is 10.7 Å². The van der Waals surface area contributed by atoms with Crippen LogP contribution >= 0.6 is 23.2 Å². The molecule has 1 aliphatic carbocycles. The molecule has 3 heteroatoms. The molecule has 2 aromatic carbocycles. The van der Waals surface area contributed by atoms with Crippen molar-refractivity contribution in [2.75, 3.05) is 5.32 Å². The van der Waals surface area contributed by atoms with Gasteiger partial charge < -0.3 is 5.32 Å². The predicted molar refractivity (Wildman–Crippen MR) is 87.0 cm³/mol. The van der Waals surface area contributed by atoms with Gasteiger partial charge in [0.15, 0.2) is 0 Å². The van der Waals surface area contributed by atoms with Gasteiger partial charge in [0.25, 0.3) is 0 Å². The first-order valence-electron chi connectivity index (χ1n) is 6.90. The summed E-state index contributed by atoms with van der Waals surface area (Å²) in [5.74, 6) is 0.607. The summed E-state index contributed by atoms with van der Waals surface area (Å²) in [4.78, 5) is 0. The summed E-state index contributed by atoms with van der Waals surface area (Å²) in [7, 11) is 0. The van der Waals surface area contributed by atoms with E-state index in [0.717, 1.165) is 28.6 Å². The van der Waals surface area contributed by atoms with E-state index in [1.807, 2.05) is 25.1 Å². The molecule has 20 heavy (non-hydrogen) atoms. The maximum atomic E-state index is 6.25. The van der Waals surface area contributed by atoms with Gasteiger partial charge in [0.1, 0.15) is 0 Å². The Morgan fingerprint density at radius 2 is 1.85 bits per heavy atom. The normalized spacial score (nSPS) is 21.4. The third-order valence-electron chi connectivity index (χ3n) is 3.94. The van der Waals surface area contributed by atoms with Crippen molar-refractivity contribution in [2.45, 2.75) is 31.7 Å². The number of aryl methyl sites for hydroxylation is 1. The smallest absolute Gasteiger partial charge is 0.0640 e. The highest BCUT2D eigenvalue weighted by molar-refractivity contribution is 6.33. The van der Waals surface area contributed by atoms with Crippen LogP contribution < -0.4 is 5.32 Å². The van der Waals surface area contributed by atoms with E-state index in [1.54, 1.807) is 0 Å². The van der Waals surface area contributed by atoms with Crippen molar-refractivity contribution in [3.63, 3.8) is 0 Å². The lowest BCUT2D eigenvalue weighted by Gasteiger charge is -2.37. The highest BCUT2D eigenvalue weighted by Gasteiger charge is 2.30. The Kier molecular flexibility index (Phi) is 3.91. The molecule has 1 fully saturated rings. The van der Waals surface area contributed by atoms with Gasteiger partial charge in [0.2, 0.25) is 0 Å². The molecule has 1 N–H and O–H groups in total. The van der Waals surface area contributed by atoms with Gasteiger partial charge in [-0.25, -0.2) is 0 Å². The van der Waals surface area contributed by atoms with Gasteiger partial charge in [-0.1, -0.05) is 41.4 Å². The predicted octanol–water partition coefficient (Wildman–Crippen LogP) is 5.66. The summed E-state index contributed by atoms with van der Waals surface area (Å²) in [6.07, 6.45) is 2.26. The summed E-state index contributed by atoms with van der Waals surface area (Å²) in [6, 6.07) is 14.8. The second kappa shape index (κ2) is 5.67. The molecule has 104 valence electrons. The fourth-order valence-corrected chi connectivity index (χ4v) is 3.21. The molecule has 2 aromatic rings. The van der Waals surface area contributed by atoms with Gasteiger partial charge in [-0.05, 0) is 61.1 Å². The number of nitrogens with one attached hydrogen (secondary N) is 1. The maximum Gasteiger partial charge on any atom is 0.0640 e. The Hall–Kier alpha value is -1.18. The lowest BCUT2D eigenvalue weighted by atomic mass is 9.76. The molecule has 0 amide bonds. The Morgan fingerprint density at radius 3 is 2.55 bits per heavy atom. The lowest BCUT2D eigenvalue weighted by Crippen LogP contribution is -2.34. The Balaban J connectivity index is 1.61. The van der Waals surface area contributed by atoms with Gasteiger partial charge in [-0.2, -0.15) is 0 Å². The van der Waals surface area contributed by atoms with Crippen LogP contribution in [0.1, 0.15) is 29.9 Å². The minimum Gasteiger partial charge on any atom is -0.381 e. The molecule has 0 spiro atoms. The minimum atomic E-state index is 0.499.